The molecule has 8 nitrogen and oxygen atoms in total. The van der Waals surface area contributed by atoms with E-state index in [1.165, 1.54) is 13.8 Å². The van der Waals surface area contributed by atoms with Crippen LogP contribution in [0.4, 0.5) is 0 Å². The van der Waals surface area contributed by atoms with Gasteiger partial charge in [-0.1, -0.05) is 0 Å². The average molecular weight is 307 g/mol. The first-order valence-electron chi connectivity index (χ1n) is 5.53. The maximum Gasteiger partial charge on any atom is 0.372 e. The largest absolute Gasteiger partial charge is 0.480 e. The number of carbonyl (C=O) groups excluding carboxylic acids is 2. The summed E-state index contributed by atoms with van der Waals surface area (Å²) in [5, 5.41) is 16.3. The van der Waals surface area contributed by atoms with E-state index in [0.717, 1.165) is 18.9 Å². The molecule has 0 saturated carbocycles. The molecule has 114 valence electrons. The molecule has 20 heavy (non-hydrogen) atoms. The van der Waals surface area contributed by atoms with Gasteiger partial charge in [0.1, 0.15) is 11.3 Å². The van der Waals surface area contributed by atoms with Crippen molar-refractivity contribution >= 4 is 35.5 Å². The molecule has 4 N–H and O–H groups in total. The summed E-state index contributed by atoms with van der Waals surface area (Å²) in [5.41, 5.74) is 5.50. The summed E-state index contributed by atoms with van der Waals surface area (Å²) < 4.78 is 3.39. The highest BCUT2D eigenvalue weighted by Gasteiger charge is 2.39. The maximum atomic E-state index is 11.6. The van der Waals surface area contributed by atoms with E-state index in [-0.39, 0.29) is 0 Å². The van der Waals surface area contributed by atoms with Gasteiger partial charge in [-0.25, -0.2) is 4.79 Å². The number of carbonyl (C=O) groups is 4. The summed E-state index contributed by atoms with van der Waals surface area (Å²) in [7, 11) is 1.09. The van der Waals surface area contributed by atoms with Crippen molar-refractivity contribution < 1.29 is 34.1 Å². The number of ketones is 1. The minimum Gasteiger partial charge on any atom is -0.480 e. The van der Waals surface area contributed by atoms with Crippen LogP contribution in [0.1, 0.15) is 20.3 Å². The quantitative estimate of drug-likeness (QED) is 0.399. The number of carboxylic acid groups (broad SMARTS) is 2. The van der Waals surface area contributed by atoms with E-state index in [2.05, 4.69) is 4.74 Å². The number of carboxylic acids is 2. The second kappa shape index (κ2) is 7.25. The lowest BCUT2D eigenvalue weighted by atomic mass is 10.1. The molecule has 0 heterocycles. The summed E-state index contributed by atoms with van der Waals surface area (Å²) in [6.07, 6.45) is -0.595. The van der Waals surface area contributed by atoms with Gasteiger partial charge in [-0.15, -0.1) is 11.8 Å². The molecule has 0 fully saturated rings. The molecule has 2 atom stereocenters. The molecule has 0 aromatic carbocycles. The number of esters is 1. The van der Waals surface area contributed by atoms with Crippen LogP contribution < -0.4 is 5.73 Å². The minimum atomic E-state index is -1.67. The minimum absolute atomic E-state index is 0.595. The van der Waals surface area contributed by atoms with Crippen LogP contribution in [-0.4, -0.2) is 57.1 Å². The highest BCUT2D eigenvalue weighted by molar-refractivity contribution is 8.02. The van der Waals surface area contributed by atoms with E-state index >= 15 is 0 Å². The second-order valence-electron chi connectivity index (χ2n) is 4.48. The van der Waals surface area contributed by atoms with Crippen LogP contribution >= 0.6 is 11.8 Å². The SMILES string of the molecule is COC(=O)C(CC(=O)C(=O)O)SC(C)(C)[C@H](N)C(=O)O. The first kappa shape index (κ1) is 18.4. The third-order valence-corrected chi connectivity index (χ3v) is 4.04. The molecule has 0 saturated heterocycles. The van der Waals surface area contributed by atoms with Gasteiger partial charge >= 0.3 is 17.9 Å². The van der Waals surface area contributed by atoms with Gasteiger partial charge in [-0.05, 0) is 13.8 Å². The molecule has 0 aliphatic rings. The zero-order valence-corrected chi connectivity index (χ0v) is 12.1. The molecule has 0 spiro atoms. The van der Waals surface area contributed by atoms with E-state index in [1.807, 2.05) is 0 Å². The molecular formula is C11H17NO7S. The van der Waals surface area contributed by atoms with Gasteiger partial charge in [0, 0.05) is 11.2 Å². The predicted molar refractivity (Wildman–Crippen MR) is 70.3 cm³/mol. The second-order valence-corrected chi connectivity index (χ2v) is 6.34. The fourth-order valence-electron chi connectivity index (χ4n) is 1.30. The Morgan fingerprint density at radius 2 is 1.75 bits per heavy atom. The Morgan fingerprint density at radius 1 is 1.25 bits per heavy atom. The van der Waals surface area contributed by atoms with Crippen LogP contribution in [0.5, 0.6) is 0 Å². The predicted octanol–water partition coefficient (Wildman–Crippen LogP) is -0.504. The lowest BCUT2D eigenvalue weighted by Gasteiger charge is -2.30. The van der Waals surface area contributed by atoms with Crippen molar-refractivity contribution in [3.8, 4) is 0 Å². The highest BCUT2D eigenvalue weighted by Crippen LogP contribution is 2.33. The molecule has 9 heteroatoms. The van der Waals surface area contributed by atoms with Gasteiger partial charge in [0.2, 0.25) is 5.78 Å². The zero-order valence-electron chi connectivity index (χ0n) is 11.3. The lowest BCUT2D eigenvalue weighted by molar-refractivity contribution is -0.150. The number of nitrogens with two attached hydrogens (primary N) is 1. The Morgan fingerprint density at radius 3 is 2.10 bits per heavy atom. The number of Topliss-reactive ketones (excluding diaryl/α,β-unsaturated/α-hetero) is 1. The fourth-order valence-corrected chi connectivity index (χ4v) is 2.71. The summed E-state index contributed by atoms with van der Waals surface area (Å²) in [6, 6.07) is -1.29. The van der Waals surface area contributed by atoms with E-state index < -0.39 is 46.2 Å². The number of hydrogen-bond donors (Lipinski definition) is 3. The molecule has 0 amide bonds. The van der Waals surface area contributed by atoms with Crippen LogP contribution in [0.15, 0.2) is 0 Å². The summed E-state index contributed by atoms with van der Waals surface area (Å²) in [5.74, 6) is -4.90. The molecule has 0 aliphatic heterocycles. The molecule has 1 unspecified atom stereocenters. The summed E-state index contributed by atoms with van der Waals surface area (Å²) >= 11 is 0.797. The Labute approximate surface area is 119 Å². The summed E-state index contributed by atoms with van der Waals surface area (Å²) in [4.78, 5) is 44.2. The molecule has 0 rings (SSSR count). The van der Waals surface area contributed by atoms with Crippen molar-refractivity contribution in [1.29, 1.82) is 0 Å². The monoisotopic (exact) mass is 307 g/mol. The van der Waals surface area contributed by atoms with E-state index in [0.29, 0.717) is 0 Å². The van der Waals surface area contributed by atoms with Gasteiger partial charge in [0.15, 0.2) is 0 Å². The van der Waals surface area contributed by atoms with Crippen molar-refractivity contribution in [2.24, 2.45) is 5.73 Å². The smallest absolute Gasteiger partial charge is 0.372 e. The Hall–Kier alpha value is -1.61. The molecule has 0 aliphatic carbocycles. The van der Waals surface area contributed by atoms with E-state index in [4.69, 9.17) is 15.9 Å². The summed E-state index contributed by atoms with van der Waals surface area (Å²) in [6.45, 7) is 2.97. The molecule has 0 aromatic rings. The highest BCUT2D eigenvalue weighted by atomic mass is 32.2. The molecule has 0 radical (unpaired) electrons. The number of thioether (sulfide) groups is 1. The lowest BCUT2D eigenvalue weighted by Crippen LogP contribution is -2.48. The van der Waals surface area contributed by atoms with Crippen molar-refractivity contribution in [2.75, 3.05) is 7.11 Å². The van der Waals surface area contributed by atoms with Crippen LogP contribution in [-0.2, 0) is 23.9 Å². The fraction of sp³-hybridized carbons (Fsp3) is 0.636. The molecular weight excluding hydrogens is 290 g/mol. The Balaban J connectivity index is 5.08. The number of hydrogen-bond acceptors (Lipinski definition) is 7. The maximum absolute atomic E-state index is 11.6. The van der Waals surface area contributed by atoms with E-state index in [1.54, 1.807) is 0 Å². The topological polar surface area (TPSA) is 144 Å². The Kier molecular flexibility index (Phi) is 6.66. The van der Waals surface area contributed by atoms with Crippen molar-refractivity contribution in [3.63, 3.8) is 0 Å². The average Bonchev–Trinajstić information content (AvgIpc) is 2.35. The van der Waals surface area contributed by atoms with Crippen LogP contribution in [0.25, 0.3) is 0 Å². The molecule has 0 bridgehead atoms. The van der Waals surface area contributed by atoms with E-state index in [9.17, 15) is 19.2 Å². The van der Waals surface area contributed by atoms with Gasteiger partial charge in [-0.3, -0.25) is 14.4 Å². The normalized spacial score (nSPS) is 14.2. The van der Waals surface area contributed by atoms with Crippen molar-refractivity contribution in [1.82, 2.24) is 0 Å². The number of ether oxygens (including phenoxy) is 1. The van der Waals surface area contributed by atoms with Crippen molar-refractivity contribution in [3.05, 3.63) is 0 Å². The van der Waals surface area contributed by atoms with Crippen LogP contribution in [0.3, 0.4) is 0 Å². The van der Waals surface area contributed by atoms with Gasteiger partial charge < -0.3 is 20.7 Å². The molecule has 0 aromatic heterocycles. The van der Waals surface area contributed by atoms with Crippen LogP contribution in [0, 0.1) is 0 Å². The number of aliphatic carboxylic acids is 2. The Bertz CT molecular complexity index is 421. The van der Waals surface area contributed by atoms with Gasteiger partial charge in [0.25, 0.3) is 0 Å². The number of rotatable bonds is 8. The third-order valence-electron chi connectivity index (χ3n) is 2.53. The van der Waals surface area contributed by atoms with Crippen LogP contribution in [0.2, 0.25) is 0 Å². The number of methoxy groups -OCH3 is 1. The zero-order chi connectivity index (χ0) is 16.1. The van der Waals surface area contributed by atoms with Crippen molar-refractivity contribution in [2.45, 2.75) is 36.3 Å². The first-order chi connectivity index (χ1) is 9.02. The standard InChI is InChI=1S/C11H17NO7S/c1-11(2,7(12)9(16)17)20-6(10(18)19-3)4-5(13)8(14)15/h6-7H,4,12H2,1-3H3,(H,14,15)(H,16,17)/t6?,7-/m1/s1. The first-order valence-corrected chi connectivity index (χ1v) is 6.41. The third kappa shape index (κ3) is 5.17. The van der Waals surface area contributed by atoms with Gasteiger partial charge in [0.05, 0.1) is 7.11 Å². The van der Waals surface area contributed by atoms with Gasteiger partial charge in [-0.2, -0.15) is 0 Å².